The number of halogens is 2. The average Bonchev–Trinajstić information content (AvgIpc) is 2.74. The van der Waals surface area contributed by atoms with Gasteiger partial charge < -0.3 is 9.30 Å². The molecule has 2 rings (SSSR count). The fourth-order valence-electron chi connectivity index (χ4n) is 2.47. The van der Waals surface area contributed by atoms with Crippen molar-refractivity contribution in [3.05, 3.63) is 23.8 Å². The third-order valence-corrected chi connectivity index (χ3v) is 4.41. The third kappa shape index (κ3) is 3.37. The molecule has 0 spiro atoms. The van der Waals surface area contributed by atoms with Crippen LogP contribution < -0.4 is 4.74 Å². The standard InChI is InChI=1S/C14H18ClFN2O2S/c1-9(8-21(3)19)18-12-7-13(20-2)10(16)6-11(12)17-14(18)4-5-15/h6-7,9H,4-5,8H2,1-3H3. The average molecular weight is 333 g/mol. The van der Waals surface area contributed by atoms with Crippen molar-refractivity contribution >= 4 is 33.4 Å². The Kier molecular flexibility index (Phi) is 5.22. The van der Waals surface area contributed by atoms with E-state index in [0.717, 1.165) is 11.3 Å². The van der Waals surface area contributed by atoms with Gasteiger partial charge in [-0.15, -0.1) is 11.6 Å². The Bertz CT molecular complexity index is 675. The molecule has 2 atom stereocenters. The minimum Gasteiger partial charge on any atom is -0.494 e. The number of ether oxygens (including phenoxy) is 1. The Labute approximate surface area is 130 Å². The molecule has 0 aliphatic carbocycles. The molecule has 0 aliphatic rings. The van der Waals surface area contributed by atoms with Crippen molar-refractivity contribution in [2.75, 3.05) is 25.0 Å². The molecule has 0 saturated heterocycles. The first-order valence-electron chi connectivity index (χ1n) is 6.58. The third-order valence-electron chi connectivity index (χ3n) is 3.27. The zero-order valence-electron chi connectivity index (χ0n) is 12.2. The number of hydrogen-bond donors (Lipinski definition) is 0. The highest BCUT2D eigenvalue weighted by Gasteiger charge is 2.19. The summed E-state index contributed by atoms with van der Waals surface area (Å²) in [5.41, 5.74) is 1.33. The summed E-state index contributed by atoms with van der Waals surface area (Å²) < 4.78 is 32.3. The SMILES string of the molecule is COc1cc2c(cc1F)nc(CCCl)n2C(C)CS(C)=O. The van der Waals surface area contributed by atoms with E-state index in [1.165, 1.54) is 13.2 Å². The van der Waals surface area contributed by atoms with E-state index in [0.29, 0.717) is 23.6 Å². The number of benzene rings is 1. The van der Waals surface area contributed by atoms with Gasteiger partial charge in [0.2, 0.25) is 0 Å². The highest BCUT2D eigenvalue weighted by atomic mass is 35.5. The Hall–Kier alpha value is -1.14. The second-order valence-corrected chi connectivity index (χ2v) is 6.76. The van der Waals surface area contributed by atoms with Crippen LogP contribution in [0.1, 0.15) is 18.8 Å². The van der Waals surface area contributed by atoms with E-state index in [-0.39, 0.29) is 11.8 Å². The van der Waals surface area contributed by atoms with Crippen LogP contribution in [0.25, 0.3) is 11.0 Å². The molecule has 2 unspecified atom stereocenters. The largest absolute Gasteiger partial charge is 0.494 e. The lowest BCUT2D eigenvalue weighted by molar-refractivity contribution is 0.387. The zero-order chi connectivity index (χ0) is 15.6. The van der Waals surface area contributed by atoms with Crippen LogP contribution in [0.4, 0.5) is 4.39 Å². The molecule has 0 bridgehead atoms. The van der Waals surface area contributed by atoms with E-state index in [2.05, 4.69) is 4.98 Å². The first-order chi connectivity index (χ1) is 9.97. The van der Waals surface area contributed by atoms with Crippen LogP contribution >= 0.6 is 11.6 Å². The summed E-state index contributed by atoms with van der Waals surface area (Å²) >= 11 is 5.82. The number of hydrogen-bond acceptors (Lipinski definition) is 3. The van der Waals surface area contributed by atoms with Crippen molar-refractivity contribution in [3.63, 3.8) is 0 Å². The number of methoxy groups -OCH3 is 1. The van der Waals surface area contributed by atoms with Crippen LogP contribution in [0.2, 0.25) is 0 Å². The van der Waals surface area contributed by atoms with E-state index in [1.807, 2.05) is 11.5 Å². The number of nitrogens with zero attached hydrogens (tertiary/aromatic N) is 2. The summed E-state index contributed by atoms with van der Waals surface area (Å²) in [5, 5.41) is 0. The molecule has 1 heterocycles. The smallest absolute Gasteiger partial charge is 0.167 e. The molecular formula is C14H18ClFN2O2S. The Morgan fingerprint density at radius 2 is 2.24 bits per heavy atom. The number of rotatable bonds is 6. The molecule has 0 fully saturated rings. The van der Waals surface area contributed by atoms with E-state index in [9.17, 15) is 8.60 Å². The molecule has 7 heteroatoms. The quantitative estimate of drug-likeness (QED) is 0.764. The normalized spacial score (nSPS) is 14.3. The van der Waals surface area contributed by atoms with E-state index in [4.69, 9.17) is 16.3 Å². The summed E-state index contributed by atoms with van der Waals surface area (Å²) in [6.07, 6.45) is 2.23. The Morgan fingerprint density at radius 3 is 2.81 bits per heavy atom. The van der Waals surface area contributed by atoms with Crippen LogP contribution in [-0.2, 0) is 17.2 Å². The lowest BCUT2D eigenvalue weighted by atomic mass is 10.2. The van der Waals surface area contributed by atoms with Crippen LogP contribution in [0.5, 0.6) is 5.75 Å². The summed E-state index contributed by atoms with van der Waals surface area (Å²) in [7, 11) is 0.492. The van der Waals surface area contributed by atoms with Crippen molar-refractivity contribution < 1.29 is 13.3 Å². The Morgan fingerprint density at radius 1 is 1.52 bits per heavy atom. The number of fused-ring (bicyclic) bond motifs is 1. The second-order valence-electron chi connectivity index (χ2n) is 4.90. The fourth-order valence-corrected chi connectivity index (χ4v) is 3.47. The van der Waals surface area contributed by atoms with Gasteiger partial charge in [0.15, 0.2) is 11.6 Å². The number of aromatic nitrogens is 2. The molecule has 0 N–H and O–H groups in total. The van der Waals surface area contributed by atoms with Crippen LogP contribution in [-0.4, -0.2) is 38.8 Å². The first-order valence-corrected chi connectivity index (χ1v) is 8.84. The van der Waals surface area contributed by atoms with Gasteiger partial charge in [-0.05, 0) is 6.92 Å². The first kappa shape index (κ1) is 16.2. The minimum absolute atomic E-state index is 0.0192. The van der Waals surface area contributed by atoms with Gasteiger partial charge in [-0.2, -0.15) is 0 Å². The van der Waals surface area contributed by atoms with Gasteiger partial charge >= 0.3 is 0 Å². The van der Waals surface area contributed by atoms with Gasteiger partial charge in [-0.1, -0.05) is 0 Å². The monoisotopic (exact) mass is 332 g/mol. The highest BCUT2D eigenvalue weighted by molar-refractivity contribution is 7.84. The molecular weight excluding hydrogens is 315 g/mol. The molecule has 116 valence electrons. The molecule has 1 aromatic heterocycles. The molecule has 2 aromatic rings. The number of alkyl halides is 1. The molecule has 0 saturated carbocycles. The van der Waals surface area contributed by atoms with Crippen molar-refractivity contribution in [1.29, 1.82) is 0 Å². The fraction of sp³-hybridized carbons (Fsp3) is 0.500. The zero-order valence-corrected chi connectivity index (χ0v) is 13.8. The maximum atomic E-state index is 13.8. The van der Waals surface area contributed by atoms with Gasteiger partial charge in [0.05, 0.1) is 18.1 Å². The van der Waals surface area contributed by atoms with Gasteiger partial charge in [-0.3, -0.25) is 4.21 Å². The summed E-state index contributed by atoms with van der Waals surface area (Å²) in [6.45, 7) is 1.97. The van der Waals surface area contributed by atoms with Crippen molar-refractivity contribution in [2.24, 2.45) is 0 Å². The predicted molar refractivity (Wildman–Crippen MR) is 84.3 cm³/mol. The molecule has 4 nitrogen and oxygen atoms in total. The van der Waals surface area contributed by atoms with Crippen LogP contribution in [0.3, 0.4) is 0 Å². The molecule has 1 aromatic carbocycles. The molecule has 0 radical (unpaired) electrons. The summed E-state index contributed by atoms with van der Waals surface area (Å²) in [6, 6.07) is 2.97. The molecule has 0 amide bonds. The number of imidazole rings is 1. The van der Waals surface area contributed by atoms with E-state index >= 15 is 0 Å². The maximum absolute atomic E-state index is 13.8. The summed E-state index contributed by atoms with van der Waals surface area (Å²) in [4.78, 5) is 4.45. The lowest BCUT2D eigenvalue weighted by Crippen LogP contribution is -2.16. The summed E-state index contributed by atoms with van der Waals surface area (Å²) in [5.74, 6) is 1.42. The van der Waals surface area contributed by atoms with Crippen molar-refractivity contribution in [2.45, 2.75) is 19.4 Å². The van der Waals surface area contributed by atoms with Gasteiger partial charge in [0.25, 0.3) is 0 Å². The van der Waals surface area contributed by atoms with E-state index in [1.54, 1.807) is 12.3 Å². The lowest BCUT2D eigenvalue weighted by Gasteiger charge is -2.16. The second kappa shape index (κ2) is 6.75. The topological polar surface area (TPSA) is 44.1 Å². The van der Waals surface area contributed by atoms with Crippen LogP contribution in [0.15, 0.2) is 12.1 Å². The van der Waals surface area contributed by atoms with Crippen LogP contribution in [0, 0.1) is 5.82 Å². The maximum Gasteiger partial charge on any atom is 0.167 e. The minimum atomic E-state index is -0.934. The number of aryl methyl sites for hydroxylation is 1. The Balaban J connectivity index is 2.62. The van der Waals surface area contributed by atoms with Gasteiger partial charge in [-0.25, -0.2) is 9.37 Å². The van der Waals surface area contributed by atoms with Crippen molar-refractivity contribution in [1.82, 2.24) is 9.55 Å². The predicted octanol–water partition coefficient (Wildman–Crippen LogP) is 2.90. The van der Waals surface area contributed by atoms with Gasteiger partial charge in [0.1, 0.15) is 5.82 Å². The highest BCUT2D eigenvalue weighted by Crippen LogP contribution is 2.28. The molecule has 21 heavy (non-hydrogen) atoms. The van der Waals surface area contributed by atoms with E-state index < -0.39 is 16.6 Å². The van der Waals surface area contributed by atoms with Crippen molar-refractivity contribution in [3.8, 4) is 5.75 Å². The molecule has 0 aliphatic heterocycles. The van der Waals surface area contributed by atoms with Gasteiger partial charge in [0, 0.05) is 53.3 Å².